The number of nitrogens with one attached hydrogen (secondary N) is 1. The Morgan fingerprint density at radius 2 is 2.00 bits per heavy atom. The fourth-order valence-corrected chi connectivity index (χ4v) is 1.77. The van der Waals surface area contributed by atoms with E-state index >= 15 is 0 Å². The fourth-order valence-electron chi connectivity index (χ4n) is 1.77. The second kappa shape index (κ2) is 6.66. The van der Waals surface area contributed by atoms with Crippen LogP contribution >= 0.6 is 0 Å². The predicted molar refractivity (Wildman–Crippen MR) is 66.6 cm³/mol. The molecule has 0 unspecified atom stereocenters. The first-order valence-corrected chi connectivity index (χ1v) is 5.48. The van der Waals surface area contributed by atoms with E-state index in [1.165, 1.54) is 6.08 Å². The smallest absolute Gasteiger partial charge is 0.328 e. The van der Waals surface area contributed by atoms with Crippen LogP contribution in [0, 0.1) is 5.41 Å². The van der Waals surface area contributed by atoms with Gasteiger partial charge in [-0.15, -0.1) is 0 Å². The van der Waals surface area contributed by atoms with Crippen LogP contribution < -0.4 is 5.32 Å². The van der Waals surface area contributed by atoms with Crippen LogP contribution in [0.5, 0.6) is 0 Å². The molecule has 0 spiro atoms. The largest absolute Gasteiger partial charge is 0.478 e. The van der Waals surface area contributed by atoms with E-state index in [0.29, 0.717) is 6.54 Å². The molecule has 94 valence electrons. The van der Waals surface area contributed by atoms with Crippen molar-refractivity contribution in [2.45, 2.75) is 20.8 Å². The average Bonchev–Trinajstić information content (AvgIpc) is 1.98. The molecule has 0 bridgehead atoms. The molecule has 0 fully saturated rings. The molecule has 0 amide bonds. The Morgan fingerprint density at radius 3 is 2.44 bits per heavy atom. The highest BCUT2D eigenvalue weighted by Gasteiger charge is 2.17. The third-order valence-corrected chi connectivity index (χ3v) is 2.12. The van der Waals surface area contributed by atoms with Gasteiger partial charge in [0.1, 0.15) is 0 Å². The molecule has 4 heteroatoms. The summed E-state index contributed by atoms with van der Waals surface area (Å²) < 4.78 is 0. The zero-order valence-electron chi connectivity index (χ0n) is 11.0. The minimum atomic E-state index is -0.883. The summed E-state index contributed by atoms with van der Waals surface area (Å²) in [6, 6.07) is 0. The van der Waals surface area contributed by atoms with Crippen molar-refractivity contribution in [3.05, 3.63) is 11.6 Å². The molecule has 0 aliphatic heterocycles. The summed E-state index contributed by atoms with van der Waals surface area (Å²) in [4.78, 5) is 12.6. The molecule has 0 heterocycles. The van der Waals surface area contributed by atoms with Crippen molar-refractivity contribution in [1.82, 2.24) is 10.2 Å². The van der Waals surface area contributed by atoms with Crippen LogP contribution in [0.2, 0.25) is 0 Å². The van der Waals surface area contributed by atoms with Crippen LogP contribution in [-0.2, 0) is 4.79 Å². The molecule has 0 aliphatic rings. The van der Waals surface area contributed by atoms with Gasteiger partial charge in [0, 0.05) is 25.7 Å². The van der Waals surface area contributed by atoms with Crippen molar-refractivity contribution in [3.8, 4) is 0 Å². The van der Waals surface area contributed by atoms with E-state index < -0.39 is 5.97 Å². The summed E-state index contributed by atoms with van der Waals surface area (Å²) in [7, 11) is 4.11. The Labute approximate surface area is 98.3 Å². The molecule has 0 aromatic carbocycles. The van der Waals surface area contributed by atoms with Gasteiger partial charge in [0.15, 0.2) is 0 Å². The highest BCUT2D eigenvalue weighted by Crippen LogP contribution is 2.14. The molecule has 4 nitrogen and oxygen atoms in total. The van der Waals surface area contributed by atoms with Crippen LogP contribution in [0.3, 0.4) is 0 Å². The topological polar surface area (TPSA) is 52.6 Å². The number of carboxylic acids is 1. The second-order valence-corrected chi connectivity index (χ2v) is 5.33. The maximum absolute atomic E-state index is 10.4. The van der Waals surface area contributed by atoms with Crippen molar-refractivity contribution in [1.29, 1.82) is 0 Å². The SMILES string of the molecule is CC(=CC(=O)O)CNCC(C)(C)CN(C)C. The normalized spacial score (nSPS) is 13.2. The molecule has 2 N–H and O–H groups in total. The number of nitrogens with zero attached hydrogens (tertiary/aromatic N) is 1. The quantitative estimate of drug-likeness (QED) is 0.643. The van der Waals surface area contributed by atoms with Crippen molar-refractivity contribution in [3.63, 3.8) is 0 Å². The maximum Gasteiger partial charge on any atom is 0.328 e. The molecule has 16 heavy (non-hydrogen) atoms. The third kappa shape index (κ3) is 8.44. The Kier molecular flexibility index (Phi) is 6.29. The van der Waals surface area contributed by atoms with Crippen molar-refractivity contribution >= 4 is 5.97 Å². The average molecular weight is 228 g/mol. The highest BCUT2D eigenvalue weighted by atomic mass is 16.4. The van der Waals surface area contributed by atoms with Crippen molar-refractivity contribution < 1.29 is 9.90 Å². The van der Waals surface area contributed by atoms with Gasteiger partial charge in [0.2, 0.25) is 0 Å². The van der Waals surface area contributed by atoms with E-state index in [0.717, 1.165) is 18.7 Å². The van der Waals surface area contributed by atoms with Gasteiger partial charge in [-0.1, -0.05) is 19.4 Å². The van der Waals surface area contributed by atoms with Gasteiger partial charge >= 0.3 is 5.97 Å². The van der Waals surface area contributed by atoms with Crippen molar-refractivity contribution in [2.24, 2.45) is 5.41 Å². The molecular weight excluding hydrogens is 204 g/mol. The number of carboxylic acid groups (broad SMARTS) is 1. The fraction of sp³-hybridized carbons (Fsp3) is 0.750. The summed E-state index contributed by atoms with van der Waals surface area (Å²) in [5, 5.41) is 11.8. The molecule has 0 saturated carbocycles. The molecule has 0 aromatic rings. The molecule has 0 atom stereocenters. The van der Waals surface area contributed by atoms with E-state index in [4.69, 9.17) is 5.11 Å². The summed E-state index contributed by atoms with van der Waals surface area (Å²) in [6.07, 6.45) is 1.24. The number of carbonyl (C=O) groups is 1. The monoisotopic (exact) mass is 228 g/mol. The first-order valence-electron chi connectivity index (χ1n) is 5.48. The molecule has 0 aromatic heterocycles. The van der Waals surface area contributed by atoms with Crippen LogP contribution in [0.15, 0.2) is 11.6 Å². The number of aliphatic carboxylic acids is 1. The Balaban J connectivity index is 3.93. The Hall–Kier alpha value is -0.870. The summed E-state index contributed by atoms with van der Waals surface area (Å²) >= 11 is 0. The van der Waals surface area contributed by atoms with E-state index in [1.54, 1.807) is 0 Å². The number of rotatable bonds is 7. The molecule has 0 radical (unpaired) electrons. The van der Waals surface area contributed by atoms with Crippen LogP contribution in [0.1, 0.15) is 20.8 Å². The van der Waals surface area contributed by atoms with E-state index in [9.17, 15) is 4.79 Å². The lowest BCUT2D eigenvalue weighted by Crippen LogP contribution is -2.38. The van der Waals surface area contributed by atoms with E-state index in [2.05, 4.69) is 38.2 Å². The molecule has 0 saturated heterocycles. The van der Waals surface area contributed by atoms with Gasteiger partial charge in [-0.25, -0.2) is 4.79 Å². The molecular formula is C12H24N2O2. The first-order chi connectivity index (χ1) is 7.23. The number of hydrogen-bond acceptors (Lipinski definition) is 3. The Bertz CT molecular complexity index is 258. The van der Waals surface area contributed by atoms with Gasteiger partial charge in [-0.2, -0.15) is 0 Å². The zero-order valence-corrected chi connectivity index (χ0v) is 11.0. The van der Waals surface area contributed by atoms with E-state index in [1.807, 2.05) is 6.92 Å². The van der Waals surface area contributed by atoms with Crippen LogP contribution in [-0.4, -0.2) is 49.7 Å². The lowest BCUT2D eigenvalue weighted by molar-refractivity contribution is -0.131. The highest BCUT2D eigenvalue weighted by molar-refractivity contribution is 5.80. The first kappa shape index (κ1) is 15.1. The third-order valence-electron chi connectivity index (χ3n) is 2.12. The summed E-state index contributed by atoms with van der Waals surface area (Å²) in [6.45, 7) is 8.70. The lowest BCUT2D eigenvalue weighted by Gasteiger charge is -2.28. The Morgan fingerprint density at radius 1 is 1.44 bits per heavy atom. The van der Waals surface area contributed by atoms with E-state index in [-0.39, 0.29) is 5.41 Å². The summed E-state index contributed by atoms with van der Waals surface area (Å²) in [5.41, 5.74) is 1.03. The van der Waals surface area contributed by atoms with Gasteiger partial charge in [0.25, 0.3) is 0 Å². The van der Waals surface area contributed by atoms with Gasteiger partial charge < -0.3 is 15.3 Å². The number of hydrogen-bond donors (Lipinski definition) is 2. The van der Waals surface area contributed by atoms with Gasteiger partial charge in [0.05, 0.1) is 0 Å². The van der Waals surface area contributed by atoms with Crippen LogP contribution in [0.4, 0.5) is 0 Å². The lowest BCUT2D eigenvalue weighted by atomic mass is 9.93. The predicted octanol–water partition coefficient (Wildman–Crippen LogP) is 1.19. The summed E-state index contributed by atoms with van der Waals surface area (Å²) in [5.74, 6) is -0.883. The second-order valence-electron chi connectivity index (χ2n) is 5.33. The zero-order chi connectivity index (χ0) is 12.8. The van der Waals surface area contributed by atoms with Gasteiger partial charge in [-0.3, -0.25) is 0 Å². The molecule has 0 aliphatic carbocycles. The minimum Gasteiger partial charge on any atom is -0.478 e. The maximum atomic E-state index is 10.4. The standard InChI is InChI=1S/C12H24N2O2/c1-10(6-11(15)16)7-13-8-12(2,3)9-14(4)5/h6,13H,7-9H2,1-5H3,(H,15,16). The van der Waals surface area contributed by atoms with Gasteiger partial charge in [-0.05, 0) is 26.4 Å². The molecule has 0 rings (SSSR count). The minimum absolute atomic E-state index is 0.188. The van der Waals surface area contributed by atoms with Crippen molar-refractivity contribution in [2.75, 3.05) is 33.7 Å². The van der Waals surface area contributed by atoms with Crippen LogP contribution in [0.25, 0.3) is 0 Å².